The zero-order chi connectivity index (χ0) is 19.6. The molecule has 0 aliphatic carbocycles. The first-order chi connectivity index (χ1) is 11.1. The van der Waals surface area contributed by atoms with Crippen molar-refractivity contribution >= 4 is 6.09 Å². The van der Waals surface area contributed by atoms with Crippen molar-refractivity contribution in [3.05, 3.63) is 0 Å². The summed E-state index contributed by atoms with van der Waals surface area (Å²) in [6, 6.07) is 0. The molecule has 0 radical (unpaired) electrons. The molecular weight excluding hydrogens is 362 g/mol. The lowest BCUT2D eigenvalue weighted by molar-refractivity contribution is -0.308. The molecular formula is C13H20F6N2O4. The van der Waals surface area contributed by atoms with Gasteiger partial charge in [-0.1, -0.05) is 0 Å². The van der Waals surface area contributed by atoms with Crippen LogP contribution in [0.5, 0.6) is 0 Å². The standard InChI is InChI=1S/C13H20F6N2O4/c1-11(2,3)25-10(23)21-6-4-20(5-7-21)9(22)24-8(12(14,15)16)13(17,18)19/h8,10,23H,4-7H2,1-3H3. The Kier molecular flexibility index (Phi) is 6.57. The molecule has 148 valence electrons. The Morgan fingerprint density at radius 3 is 1.76 bits per heavy atom. The Bertz CT molecular complexity index is 441. The van der Waals surface area contributed by atoms with Crippen LogP contribution in [0.3, 0.4) is 0 Å². The van der Waals surface area contributed by atoms with Crippen molar-refractivity contribution in [1.82, 2.24) is 9.80 Å². The first kappa shape index (κ1) is 21.8. The summed E-state index contributed by atoms with van der Waals surface area (Å²) in [4.78, 5) is 13.7. The van der Waals surface area contributed by atoms with Crippen LogP contribution in [-0.2, 0) is 9.47 Å². The molecule has 0 saturated carbocycles. The number of hydrogen-bond donors (Lipinski definition) is 1. The maximum Gasteiger partial charge on any atom is 0.434 e. The van der Waals surface area contributed by atoms with Crippen LogP contribution in [0.1, 0.15) is 20.8 Å². The predicted molar refractivity (Wildman–Crippen MR) is 72.4 cm³/mol. The maximum atomic E-state index is 12.4. The Morgan fingerprint density at radius 1 is 0.960 bits per heavy atom. The zero-order valence-electron chi connectivity index (χ0n) is 13.8. The van der Waals surface area contributed by atoms with Crippen LogP contribution >= 0.6 is 0 Å². The molecule has 1 heterocycles. The molecule has 12 heteroatoms. The molecule has 1 aliphatic heterocycles. The van der Waals surface area contributed by atoms with E-state index in [0.29, 0.717) is 4.90 Å². The van der Waals surface area contributed by atoms with Crippen molar-refractivity contribution in [1.29, 1.82) is 0 Å². The Labute approximate surface area is 140 Å². The number of piperazine rings is 1. The van der Waals surface area contributed by atoms with E-state index in [-0.39, 0.29) is 26.2 Å². The summed E-state index contributed by atoms with van der Waals surface area (Å²) in [6.07, 6.45) is -18.7. The van der Waals surface area contributed by atoms with E-state index in [2.05, 4.69) is 4.74 Å². The minimum absolute atomic E-state index is 0.00491. The summed E-state index contributed by atoms with van der Waals surface area (Å²) in [5, 5.41) is 9.86. The molecule has 25 heavy (non-hydrogen) atoms. The largest absolute Gasteiger partial charge is 0.434 e. The monoisotopic (exact) mass is 382 g/mol. The van der Waals surface area contributed by atoms with E-state index in [4.69, 9.17) is 4.74 Å². The van der Waals surface area contributed by atoms with Gasteiger partial charge >= 0.3 is 18.4 Å². The second kappa shape index (κ2) is 7.54. The highest BCUT2D eigenvalue weighted by Crippen LogP contribution is 2.36. The van der Waals surface area contributed by atoms with E-state index in [1.807, 2.05) is 0 Å². The molecule has 0 bridgehead atoms. The Morgan fingerprint density at radius 2 is 1.40 bits per heavy atom. The van der Waals surface area contributed by atoms with Crippen LogP contribution in [0.2, 0.25) is 0 Å². The fourth-order valence-electron chi connectivity index (χ4n) is 2.01. The molecule has 0 aromatic carbocycles. The lowest BCUT2D eigenvalue weighted by Gasteiger charge is -2.38. The van der Waals surface area contributed by atoms with Crippen LogP contribution in [0.15, 0.2) is 0 Å². The number of amides is 1. The number of rotatable bonds is 3. The smallest absolute Gasteiger partial charge is 0.426 e. The average molecular weight is 382 g/mol. The first-order valence-electron chi connectivity index (χ1n) is 7.30. The van der Waals surface area contributed by atoms with Gasteiger partial charge in [-0.15, -0.1) is 0 Å². The number of hydrogen-bond acceptors (Lipinski definition) is 5. The minimum Gasteiger partial charge on any atom is -0.426 e. The summed E-state index contributed by atoms with van der Waals surface area (Å²) in [5.74, 6) is 0. The van der Waals surface area contributed by atoms with E-state index in [9.17, 15) is 36.2 Å². The van der Waals surface area contributed by atoms with Crippen LogP contribution < -0.4 is 0 Å². The second-order valence-corrected chi connectivity index (χ2v) is 6.43. The van der Waals surface area contributed by atoms with Crippen LogP contribution in [0.4, 0.5) is 31.1 Å². The maximum absolute atomic E-state index is 12.4. The van der Waals surface area contributed by atoms with Gasteiger partial charge in [-0.25, -0.2) is 4.79 Å². The third-order valence-corrected chi connectivity index (χ3v) is 3.16. The summed E-state index contributed by atoms with van der Waals surface area (Å²) >= 11 is 0. The van der Waals surface area contributed by atoms with Gasteiger partial charge in [-0.3, -0.25) is 4.90 Å². The Hall–Kier alpha value is -1.27. The number of halogens is 6. The van der Waals surface area contributed by atoms with Crippen molar-refractivity contribution in [2.75, 3.05) is 26.2 Å². The highest BCUT2D eigenvalue weighted by Gasteiger charge is 2.60. The van der Waals surface area contributed by atoms with Gasteiger partial charge in [0, 0.05) is 26.2 Å². The van der Waals surface area contributed by atoms with Crippen molar-refractivity contribution in [3.8, 4) is 0 Å². The number of alkyl halides is 6. The molecule has 1 N–H and O–H groups in total. The molecule has 1 amide bonds. The van der Waals surface area contributed by atoms with Gasteiger partial charge in [0.05, 0.1) is 5.60 Å². The van der Waals surface area contributed by atoms with Gasteiger partial charge in [-0.05, 0) is 20.8 Å². The number of carbonyl (C=O) groups excluding carboxylic acids is 1. The van der Waals surface area contributed by atoms with Crippen molar-refractivity contribution in [2.24, 2.45) is 0 Å². The highest BCUT2D eigenvalue weighted by atomic mass is 19.4. The third kappa shape index (κ3) is 6.86. The zero-order valence-corrected chi connectivity index (χ0v) is 13.8. The molecule has 1 saturated heterocycles. The lowest BCUT2D eigenvalue weighted by Crippen LogP contribution is -2.55. The molecule has 0 aromatic heterocycles. The fourth-order valence-corrected chi connectivity index (χ4v) is 2.01. The summed E-state index contributed by atoms with van der Waals surface area (Å²) < 4.78 is 83.3. The summed E-state index contributed by atoms with van der Waals surface area (Å²) in [5.41, 5.74) is -0.665. The van der Waals surface area contributed by atoms with Gasteiger partial charge in [0.25, 0.3) is 6.10 Å². The highest BCUT2D eigenvalue weighted by molar-refractivity contribution is 5.68. The van der Waals surface area contributed by atoms with Crippen LogP contribution in [0.25, 0.3) is 0 Å². The minimum atomic E-state index is -5.76. The molecule has 0 spiro atoms. The summed E-state index contributed by atoms with van der Waals surface area (Å²) in [7, 11) is 0. The normalized spacial score (nSPS) is 19.2. The fraction of sp³-hybridized carbons (Fsp3) is 0.923. The first-order valence-corrected chi connectivity index (χ1v) is 7.30. The molecule has 6 nitrogen and oxygen atoms in total. The van der Waals surface area contributed by atoms with E-state index in [1.165, 1.54) is 4.90 Å². The lowest BCUT2D eigenvalue weighted by atomic mass is 10.2. The Balaban J connectivity index is 2.60. The molecule has 1 atom stereocenters. The topological polar surface area (TPSA) is 62.2 Å². The molecule has 1 fully saturated rings. The van der Waals surface area contributed by atoms with Gasteiger partial charge in [0.1, 0.15) is 0 Å². The second-order valence-electron chi connectivity index (χ2n) is 6.43. The van der Waals surface area contributed by atoms with Gasteiger partial charge in [0.2, 0.25) is 6.41 Å². The number of ether oxygens (including phenoxy) is 2. The average Bonchev–Trinajstić information content (AvgIpc) is 2.40. The number of aliphatic hydroxyl groups excluding tert-OH is 1. The number of carbonyl (C=O) groups is 1. The van der Waals surface area contributed by atoms with E-state index < -0.39 is 36.6 Å². The van der Waals surface area contributed by atoms with Gasteiger partial charge < -0.3 is 19.5 Å². The predicted octanol–water partition coefficient (Wildman–Crippen LogP) is 2.32. The van der Waals surface area contributed by atoms with Gasteiger partial charge in [0.15, 0.2) is 0 Å². The van der Waals surface area contributed by atoms with E-state index >= 15 is 0 Å². The third-order valence-electron chi connectivity index (χ3n) is 3.16. The van der Waals surface area contributed by atoms with Crippen molar-refractivity contribution in [2.45, 2.75) is 51.2 Å². The summed E-state index contributed by atoms with van der Waals surface area (Å²) in [6.45, 7) is 4.64. The molecule has 1 aliphatic rings. The SMILES string of the molecule is CC(C)(C)OC(O)N1CCN(C(=O)OC(C(F)(F)F)C(F)(F)F)CC1. The number of aliphatic hydroxyl groups is 1. The molecule has 0 aromatic rings. The van der Waals surface area contributed by atoms with E-state index in [1.54, 1.807) is 20.8 Å². The van der Waals surface area contributed by atoms with Crippen molar-refractivity contribution in [3.63, 3.8) is 0 Å². The van der Waals surface area contributed by atoms with Crippen LogP contribution in [-0.4, -0.2) is 77.7 Å². The van der Waals surface area contributed by atoms with E-state index in [0.717, 1.165) is 0 Å². The number of nitrogens with zero attached hydrogens (tertiary/aromatic N) is 2. The van der Waals surface area contributed by atoms with Gasteiger partial charge in [-0.2, -0.15) is 26.3 Å². The quantitative estimate of drug-likeness (QED) is 0.600. The molecule has 1 unspecified atom stereocenters. The van der Waals surface area contributed by atoms with Crippen LogP contribution in [0, 0.1) is 0 Å². The van der Waals surface area contributed by atoms with Crippen molar-refractivity contribution < 1.29 is 45.7 Å². The molecule has 1 rings (SSSR count).